The maximum Gasteiger partial charge on any atom is 0.255 e. The van der Waals surface area contributed by atoms with Gasteiger partial charge in [-0.2, -0.15) is 0 Å². The van der Waals surface area contributed by atoms with Crippen molar-refractivity contribution in [2.24, 2.45) is 0 Å². The first-order valence-corrected chi connectivity index (χ1v) is 10.7. The zero-order valence-electron chi connectivity index (χ0n) is 16.8. The highest BCUT2D eigenvalue weighted by molar-refractivity contribution is 8.00. The molecule has 0 spiro atoms. The summed E-state index contributed by atoms with van der Waals surface area (Å²) in [7, 11) is 1.60. The van der Waals surface area contributed by atoms with Gasteiger partial charge in [0.15, 0.2) is 0 Å². The number of benzene rings is 3. The number of carbonyl (C=O) groups is 2. The van der Waals surface area contributed by atoms with Crippen LogP contribution >= 0.6 is 11.8 Å². The fourth-order valence-corrected chi connectivity index (χ4v) is 4.79. The van der Waals surface area contributed by atoms with Crippen LogP contribution in [0.3, 0.4) is 0 Å². The van der Waals surface area contributed by atoms with Crippen molar-refractivity contribution in [2.45, 2.75) is 12.3 Å². The number of ether oxygens (including phenoxy) is 1. The van der Waals surface area contributed by atoms with Crippen molar-refractivity contribution in [3.05, 3.63) is 89.5 Å². The Morgan fingerprint density at radius 2 is 1.73 bits per heavy atom. The number of nitrogens with zero attached hydrogens (tertiary/aromatic N) is 1. The third-order valence-corrected chi connectivity index (χ3v) is 6.27. The zero-order valence-corrected chi connectivity index (χ0v) is 17.6. The first-order chi connectivity index (χ1) is 14.6. The van der Waals surface area contributed by atoms with E-state index in [4.69, 9.17) is 4.74 Å². The van der Waals surface area contributed by atoms with Gasteiger partial charge in [-0.1, -0.05) is 48.5 Å². The van der Waals surface area contributed by atoms with Gasteiger partial charge in [0.2, 0.25) is 5.91 Å². The Hall–Kier alpha value is -3.25. The van der Waals surface area contributed by atoms with Gasteiger partial charge in [0.05, 0.1) is 18.6 Å². The molecule has 30 heavy (non-hydrogen) atoms. The van der Waals surface area contributed by atoms with Gasteiger partial charge in [-0.05, 0) is 36.8 Å². The van der Waals surface area contributed by atoms with E-state index >= 15 is 0 Å². The van der Waals surface area contributed by atoms with Crippen LogP contribution in [0, 0.1) is 6.92 Å². The van der Waals surface area contributed by atoms with Crippen molar-refractivity contribution in [2.75, 3.05) is 23.1 Å². The molecule has 0 bridgehead atoms. The topological polar surface area (TPSA) is 58.6 Å². The standard InChI is InChI=1S/C24H22N2O3S/c1-16-9-3-4-10-17(16)23(28)25-19-12-6-5-11-18(19)24-26(22(27)15-30-24)20-13-7-8-14-21(20)29-2/h3-14,24H,15H2,1-2H3,(H,25,28)/t24-/m1/s1. The molecule has 0 unspecified atom stereocenters. The number of amides is 2. The van der Waals surface area contributed by atoms with Crippen molar-refractivity contribution in [3.63, 3.8) is 0 Å². The number of carbonyl (C=O) groups excluding carboxylic acids is 2. The molecule has 0 aromatic heterocycles. The molecule has 1 N–H and O–H groups in total. The molecule has 1 fully saturated rings. The van der Waals surface area contributed by atoms with Crippen LogP contribution in [-0.2, 0) is 4.79 Å². The van der Waals surface area contributed by atoms with Crippen LogP contribution < -0.4 is 15.0 Å². The average molecular weight is 419 g/mol. The fraction of sp³-hybridized carbons (Fsp3) is 0.167. The highest BCUT2D eigenvalue weighted by Crippen LogP contribution is 2.46. The molecule has 0 aliphatic carbocycles. The normalized spacial score (nSPS) is 15.9. The predicted molar refractivity (Wildman–Crippen MR) is 121 cm³/mol. The minimum atomic E-state index is -0.262. The molecule has 0 saturated carbocycles. The molecule has 1 atom stereocenters. The van der Waals surface area contributed by atoms with Crippen LogP contribution in [0.2, 0.25) is 0 Å². The summed E-state index contributed by atoms with van der Waals surface area (Å²) in [6, 6.07) is 22.6. The van der Waals surface area contributed by atoms with Crippen molar-refractivity contribution in [1.82, 2.24) is 0 Å². The Kier molecular flexibility index (Phi) is 5.77. The second kappa shape index (κ2) is 8.63. The monoisotopic (exact) mass is 418 g/mol. The molecular weight excluding hydrogens is 396 g/mol. The lowest BCUT2D eigenvalue weighted by Gasteiger charge is -2.27. The van der Waals surface area contributed by atoms with E-state index in [9.17, 15) is 9.59 Å². The summed E-state index contributed by atoms with van der Waals surface area (Å²) in [6.45, 7) is 1.91. The van der Waals surface area contributed by atoms with Gasteiger partial charge in [-0.15, -0.1) is 11.8 Å². The molecule has 152 valence electrons. The summed E-state index contributed by atoms with van der Waals surface area (Å²) in [5, 5.41) is 2.78. The zero-order chi connectivity index (χ0) is 21.1. The lowest BCUT2D eigenvalue weighted by molar-refractivity contribution is -0.115. The van der Waals surface area contributed by atoms with E-state index < -0.39 is 0 Å². The summed E-state index contributed by atoms with van der Waals surface area (Å²) in [4.78, 5) is 27.4. The molecule has 5 nitrogen and oxygen atoms in total. The molecular formula is C24H22N2O3S. The van der Waals surface area contributed by atoms with Crippen LogP contribution in [0.15, 0.2) is 72.8 Å². The molecule has 6 heteroatoms. The molecule has 3 aromatic carbocycles. The van der Waals surface area contributed by atoms with Crippen LogP contribution in [0.4, 0.5) is 11.4 Å². The fourth-order valence-electron chi connectivity index (χ4n) is 3.59. The largest absolute Gasteiger partial charge is 0.495 e. The van der Waals surface area contributed by atoms with Gasteiger partial charge in [0, 0.05) is 16.8 Å². The number of thioether (sulfide) groups is 1. The molecule has 4 rings (SSSR count). The Labute approximate surface area is 180 Å². The predicted octanol–water partition coefficient (Wildman–Crippen LogP) is 5.03. The number of anilines is 2. The van der Waals surface area contributed by atoms with E-state index in [1.807, 2.05) is 79.7 Å². The smallest absolute Gasteiger partial charge is 0.255 e. The van der Waals surface area contributed by atoms with Gasteiger partial charge in [-0.25, -0.2) is 0 Å². The first-order valence-electron chi connectivity index (χ1n) is 9.62. The molecule has 1 aliphatic heterocycles. The quantitative estimate of drug-likeness (QED) is 0.631. The molecule has 2 amide bonds. The van der Waals surface area contributed by atoms with Gasteiger partial charge in [0.25, 0.3) is 5.91 Å². The summed E-state index contributed by atoms with van der Waals surface area (Å²) >= 11 is 1.54. The van der Waals surface area contributed by atoms with Gasteiger partial charge >= 0.3 is 0 Å². The van der Waals surface area contributed by atoms with E-state index in [1.54, 1.807) is 12.0 Å². The van der Waals surface area contributed by atoms with Gasteiger partial charge in [-0.3, -0.25) is 14.5 Å². The number of methoxy groups -OCH3 is 1. The number of para-hydroxylation sites is 3. The molecule has 1 aliphatic rings. The average Bonchev–Trinajstić information content (AvgIpc) is 3.15. The minimum absolute atomic E-state index is 0.00883. The lowest BCUT2D eigenvalue weighted by Crippen LogP contribution is -2.29. The van der Waals surface area contributed by atoms with E-state index in [2.05, 4.69) is 5.32 Å². The maximum atomic E-state index is 12.9. The number of aryl methyl sites for hydroxylation is 1. The minimum Gasteiger partial charge on any atom is -0.495 e. The third-order valence-electron chi connectivity index (χ3n) is 5.08. The Bertz CT molecular complexity index is 1100. The third kappa shape index (κ3) is 3.78. The lowest BCUT2D eigenvalue weighted by atomic mass is 10.1. The maximum absolute atomic E-state index is 12.9. The van der Waals surface area contributed by atoms with E-state index in [-0.39, 0.29) is 17.2 Å². The Morgan fingerprint density at radius 1 is 1.03 bits per heavy atom. The first kappa shape index (κ1) is 20.0. The van der Waals surface area contributed by atoms with Crippen LogP contribution in [0.5, 0.6) is 5.75 Å². The van der Waals surface area contributed by atoms with Crippen molar-refractivity contribution >= 4 is 35.0 Å². The molecule has 0 radical (unpaired) electrons. The van der Waals surface area contributed by atoms with E-state index in [0.717, 1.165) is 16.8 Å². The number of nitrogens with one attached hydrogen (secondary N) is 1. The van der Waals surface area contributed by atoms with E-state index in [1.165, 1.54) is 11.8 Å². The summed E-state index contributed by atoms with van der Waals surface area (Å²) < 4.78 is 5.48. The number of hydrogen-bond acceptors (Lipinski definition) is 4. The van der Waals surface area contributed by atoms with Crippen LogP contribution in [0.25, 0.3) is 0 Å². The van der Waals surface area contributed by atoms with Crippen molar-refractivity contribution in [1.29, 1.82) is 0 Å². The molecule has 1 saturated heterocycles. The summed E-state index contributed by atoms with van der Waals surface area (Å²) in [5.41, 5.74) is 3.83. The highest BCUT2D eigenvalue weighted by Gasteiger charge is 2.36. The second-order valence-corrected chi connectivity index (χ2v) is 8.02. The van der Waals surface area contributed by atoms with Gasteiger partial charge < -0.3 is 10.1 Å². The van der Waals surface area contributed by atoms with Gasteiger partial charge in [0.1, 0.15) is 11.1 Å². The van der Waals surface area contributed by atoms with Crippen LogP contribution in [0.1, 0.15) is 26.9 Å². The van der Waals surface area contributed by atoms with Crippen LogP contribution in [-0.4, -0.2) is 24.7 Å². The molecule has 3 aromatic rings. The second-order valence-electron chi connectivity index (χ2n) is 6.96. The Morgan fingerprint density at radius 3 is 2.53 bits per heavy atom. The molecule has 1 heterocycles. The van der Waals surface area contributed by atoms with Crippen molar-refractivity contribution in [3.8, 4) is 5.75 Å². The van der Waals surface area contributed by atoms with E-state index in [0.29, 0.717) is 22.8 Å². The number of hydrogen-bond donors (Lipinski definition) is 1. The van der Waals surface area contributed by atoms with Crippen molar-refractivity contribution < 1.29 is 14.3 Å². The highest BCUT2D eigenvalue weighted by atomic mass is 32.2. The Balaban J connectivity index is 1.70. The summed E-state index contributed by atoms with van der Waals surface area (Å²) in [5.74, 6) is 0.844. The summed E-state index contributed by atoms with van der Waals surface area (Å²) in [6.07, 6.45) is 0. The number of rotatable bonds is 5. The SMILES string of the molecule is COc1ccccc1N1C(=O)CS[C@@H]1c1ccccc1NC(=O)c1ccccc1C.